The highest BCUT2D eigenvalue weighted by molar-refractivity contribution is 7.99. The lowest BCUT2D eigenvalue weighted by atomic mass is 10.1. The fraction of sp³-hybridized carbons (Fsp3) is 0.692. The number of hydrogen-bond donors (Lipinski definition) is 0. The molecular weight excluding hydrogens is 248 g/mol. The fourth-order valence-electron chi connectivity index (χ4n) is 2.46. The summed E-state index contributed by atoms with van der Waals surface area (Å²) in [6, 6.07) is 1.92. The minimum atomic E-state index is -0.323. The van der Waals surface area contributed by atoms with Crippen LogP contribution in [0.15, 0.2) is 6.07 Å². The van der Waals surface area contributed by atoms with Gasteiger partial charge in [-0.2, -0.15) is 16.9 Å². The first-order chi connectivity index (χ1) is 8.78. The van der Waals surface area contributed by atoms with E-state index in [0.717, 1.165) is 6.54 Å². The van der Waals surface area contributed by atoms with Crippen molar-refractivity contribution in [2.75, 3.05) is 18.6 Å². The van der Waals surface area contributed by atoms with Crippen molar-refractivity contribution < 1.29 is 9.53 Å². The van der Waals surface area contributed by atoms with E-state index in [0.29, 0.717) is 17.5 Å². The van der Waals surface area contributed by atoms with Crippen LogP contribution in [0.1, 0.15) is 41.4 Å². The third-order valence-corrected chi connectivity index (χ3v) is 4.89. The van der Waals surface area contributed by atoms with Gasteiger partial charge in [-0.05, 0) is 42.8 Å². The summed E-state index contributed by atoms with van der Waals surface area (Å²) in [6.45, 7) is 0.954. The molecule has 0 amide bonds. The van der Waals surface area contributed by atoms with Crippen LogP contribution in [0.4, 0.5) is 0 Å². The molecule has 1 saturated carbocycles. The summed E-state index contributed by atoms with van der Waals surface area (Å²) in [6.07, 6.45) is 3.72. The second-order valence-corrected chi connectivity index (χ2v) is 6.28. The fourth-order valence-corrected chi connectivity index (χ4v) is 3.73. The molecule has 1 unspecified atom stereocenters. The van der Waals surface area contributed by atoms with Crippen LogP contribution in [0.25, 0.3) is 0 Å². The van der Waals surface area contributed by atoms with Gasteiger partial charge in [0, 0.05) is 18.2 Å². The van der Waals surface area contributed by atoms with Gasteiger partial charge in [0.1, 0.15) is 0 Å². The minimum absolute atomic E-state index is 0.323. The van der Waals surface area contributed by atoms with Crippen molar-refractivity contribution in [2.45, 2.75) is 31.7 Å². The third-order valence-electron chi connectivity index (χ3n) is 3.66. The number of aromatic nitrogens is 2. The molecule has 5 heteroatoms. The first kappa shape index (κ1) is 12.1. The third kappa shape index (κ3) is 2.41. The van der Waals surface area contributed by atoms with Gasteiger partial charge in [0.2, 0.25) is 0 Å². The van der Waals surface area contributed by atoms with Gasteiger partial charge in [-0.3, -0.25) is 4.68 Å². The molecule has 1 aromatic heterocycles. The maximum absolute atomic E-state index is 11.6. The lowest BCUT2D eigenvalue weighted by Crippen LogP contribution is -2.14. The second-order valence-electron chi connectivity index (χ2n) is 5.13. The van der Waals surface area contributed by atoms with E-state index in [4.69, 9.17) is 4.74 Å². The number of hydrogen-bond acceptors (Lipinski definition) is 4. The Labute approximate surface area is 111 Å². The van der Waals surface area contributed by atoms with Gasteiger partial charge >= 0.3 is 5.97 Å². The maximum atomic E-state index is 11.6. The number of methoxy groups -OCH3 is 1. The van der Waals surface area contributed by atoms with Gasteiger partial charge in [-0.15, -0.1) is 0 Å². The van der Waals surface area contributed by atoms with Crippen LogP contribution in [-0.2, 0) is 11.3 Å². The Bertz CT molecular complexity index is 448. The van der Waals surface area contributed by atoms with Crippen LogP contribution < -0.4 is 0 Å². The molecule has 0 radical (unpaired) electrons. The molecule has 3 rings (SSSR count). The molecule has 0 N–H and O–H groups in total. The van der Waals surface area contributed by atoms with Crippen molar-refractivity contribution in [1.82, 2.24) is 9.78 Å². The molecule has 0 aromatic carbocycles. The summed E-state index contributed by atoms with van der Waals surface area (Å²) >= 11 is 2.02. The van der Waals surface area contributed by atoms with Gasteiger partial charge in [0.15, 0.2) is 5.69 Å². The molecular formula is C13H18N2O2S. The van der Waals surface area contributed by atoms with Crippen LogP contribution in [0.2, 0.25) is 0 Å². The standard InChI is InChI=1S/C13H18N2O2S/c1-17-13(16)11-6-12(10-2-3-10)15(14-11)7-9-4-5-18-8-9/h6,9-10H,2-5,7-8H2,1H3. The molecule has 98 valence electrons. The molecule has 4 nitrogen and oxygen atoms in total. The lowest BCUT2D eigenvalue weighted by molar-refractivity contribution is 0.0592. The van der Waals surface area contributed by atoms with Crippen LogP contribution in [0, 0.1) is 5.92 Å². The van der Waals surface area contributed by atoms with E-state index in [1.54, 1.807) is 0 Å². The highest BCUT2D eigenvalue weighted by atomic mass is 32.2. The SMILES string of the molecule is COC(=O)c1cc(C2CC2)n(CC2CCSC2)n1. The van der Waals surface area contributed by atoms with Crippen molar-refractivity contribution in [2.24, 2.45) is 5.92 Å². The number of ether oxygens (including phenoxy) is 1. The number of esters is 1. The van der Waals surface area contributed by atoms with Crippen molar-refractivity contribution >= 4 is 17.7 Å². The van der Waals surface area contributed by atoms with Gasteiger partial charge in [-0.25, -0.2) is 4.79 Å². The molecule has 0 bridgehead atoms. The largest absolute Gasteiger partial charge is 0.464 e. The Morgan fingerprint density at radius 1 is 1.56 bits per heavy atom. The molecule has 1 aliphatic heterocycles. The average Bonchev–Trinajstić information content (AvgIpc) is 2.94. The molecule has 2 aliphatic rings. The zero-order valence-corrected chi connectivity index (χ0v) is 11.4. The normalized spacial score (nSPS) is 23.3. The van der Waals surface area contributed by atoms with Crippen molar-refractivity contribution in [1.29, 1.82) is 0 Å². The van der Waals surface area contributed by atoms with Gasteiger partial charge < -0.3 is 4.74 Å². The molecule has 0 spiro atoms. The van der Waals surface area contributed by atoms with E-state index in [9.17, 15) is 4.79 Å². The number of rotatable bonds is 4. The highest BCUT2D eigenvalue weighted by Gasteiger charge is 2.30. The van der Waals surface area contributed by atoms with Gasteiger partial charge in [0.25, 0.3) is 0 Å². The van der Waals surface area contributed by atoms with Crippen LogP contribution >= 0.6 is 11.8 Å². The van der Waals surface area contributed by atoms with Crippen LogP contribution in [0.5, 0.6) is 0 Å². The number of thioether (sulfide) groups is 1. The first-order valence-electron chi connectivity index (χ1n) is 6.51. The molecule has 18 heavy (non-hydrogen) atoms. The molecule has 1 atom stereocenters. The van der Waals surface area contributed by atoms with Crippen LogP contribution in [-0.4, -0.2) is 34.4 Å². The van der Waals surface area contributed by atoms with Crippen molar-refractivity contribution in [3.8, 4) is 0 Å². The number of carbonyl (C=O) groups is 1. The monoisotopic (exact) mass is 266 g/mol. The van der Waals surface area contributed by atoms with Crippen LogP contribution in [0.3, 0.4) is 0 Å². The number of nitrogens with zero attached hydrogens (tertiary/aromatic N) is 2. The zero-order chi connectivity index (χ0) is 12.5. The van der Waals surface area contributed by atoms with E-state index < -0.39 is 0 Å². The Balaban J connectivity index is 1.81. The second kappa shape index (κ2) is 4.96. The van der Waals surface area contributed by atoms with E-state index in [2.05, 4.69) is 9.78 Å². The quantitative estimate of drug-likeness (QED) is 0.784. The maximum Gasteiger partial charge on any atom is 0.358 e. The van der Waals surface area contributed by atoms with Crippen molar-refractivity contribution in [3.63, 3.8) is 0 Å². The molecule has 2 heterocycles. The predicted octanol–water partition coefficient (Wildman–Crippen LogP) is 2.30. The van der Waals surface area contributed by atoms with E-state index in [1.807, 2.05) is 17.8 Å². The van der Waals surface area contributed by atoms with E-state index in [1.165, 1.54) is 43.6 Å². The van der Waals surface area contributed by atoms with Gasteiger partial charge in [0.05, 0.1) is 7.11 Å². The smallest absolute Gasteiger partial charge is 0.358 e. The van der Waals surface area contributed by atoms with Gasteiger partial charge in [-0.1, -0.05) is 0 Å². The summed E-state index contributed by atoms with van der Waals surface area (Å²) in [5, 5.41) is 4.44. The summed E-state index contributed by atoms with van der Waals surface area (Å²) in [5.74, 6) is 3.48. The zero-order valence-electron chi connectivity index (χ0n) is 10.6. The first-order valence-corrected chi connectivity index (χ1v) is 7.67. The molecule has 2 fully saturated rings. The summed E-state index contributed by atoms with van der Waals surface area (Å²) in [4.78, 5) is 11.6. The Hall–Kier alpha value is -0.970. The molecule has 1 saturated heterocycles. The minimum Gasteiger partial charge on any atom is -0.464 e. The lowest BCUT2D eigenvalue weighted by Gasteiger charge is -2.11. The predicted molar refractivity (Wildman–Crippen MR) is 71.0 cm³/mol. The highest BCUT2D eigenvalue weighted by Crippen LogP contribution is 2.40. The Morgan fingerprint density at radius 3 is 3.00 bits per heavy atom. The molecule has 1 aromatic rings. The number of carbonyl (C=O) groups excluding carboxylic acids is 1. The summed E-state index contributed by atoms with van der Waals surface area (Å²) < 4.78 is 6.81. The van der Waals surface area contributed by atoms with E-state index in [-0.39, 0.29) is 5.97 Å². The summed E-state index contributed by atoms with van der Waals surface area (Å²) in [5.41, 5.74) is 1.69. The summed E-state index contributed by atoms with van der Waals surface area (Å²) in [7, 11) is 1.41. The average molecular weight is 266 g/mol. The Morgan fingerprint density at radius 2 is 2.39 bits per heavy atom. The Kier molecular flexibility index (Phi) is 3.33. The molecule has 1 aliphatic carbocycles. The topological polar surface area (TPSA) is 44.1 Å². The van der Waals surface area contributed by atoms with E-state index >= 15 is 0 Å². The van der Waals surface area contributed by atoms with Crippen molar-refractivity contribution in [3.05, 3.63) is 17.5 Å².